The van der Waals surface area contributed by atoms with Crippen LogP contribution in [0.25, 0.3) is 27.7 Å². The molecule has 0 saturated carbocycles. The molecule has 1 atom stereocenters. The van der Waals surface area contributed by atoms with Gasteiger partial charge in [-0.05, 0) is 50.0 Å². The molecule has 6 nitrogen and oxygen atoms in total. The van der Waals surface area contributed by atoms with E-state index in [9.17, 15) is 4.79 Å². The highest BCUT2D eigenvalue weighted by atomic mass is 19.1. The van der Waals surface area contributed by atoms with E-state index < -0.39 is 0 Å². The maximum atomic E-state index is 15.4. The molecule has 0 unspecified atom stereocenters. The van der Waals surface area contributed by atoms with Crippen molar-refractivity contribution in [3.63, 3.8) is 0 Å². The van der Waals surface area contributed by atoms with Crippen molar-refractivity contribution in [2.24, 2.45) is 0 Å². The summed E-state index contributed by atoms with van der Waals surface area (Å²) in [7, 11) is 2.12. The first-order valence-corrected chi connectivity index (χ1v) is 10.9. The first-order valence-electron chi connectivity index (χ1n) is 10.9. The Morgan fingerprint density at radius 2 is 1.94 bits per heavy atom. The van der Waals surface area contributed by atoms with Crippen molar-refractivity contribution in [3.8, 4) is 11.3 Å². The molecule has 1 fully saturated rings. The van der Waals surface area contributed by atoms with Gasteiger partial charge >= 0.3 is 0 Å². The molecule has 3 heterocycles. The molecule has 1 radical (unpaired) electrons. The van der Waals surface area contributed by atoms with E-state index in [2.05, 4.69) is 33.7 Å². The minimum Gasteiger partial charge on any atom is -0.369 e. The highest BCUT2D eigenvalue weighted by Gasteiger charge is 2.29. The minimum absolute atomic E-state index is 0.113. The van der Waals surface area contributed by atoms with Crippen LogP contribution in [0.5, 0.6) is 0 Å². The van der Waals surface area contributed by atoms with Crippen molar-refractivity contribution in [1.29, 1.82) is 0 Å². The smallest absolute Gasteiger partial charge is 0.192 e. The lowest BCUT2D eigenvalue weighted by Gasteiger charge is -2.39. The van der Waals surface area contributed by atoms with Gasteiger partial charge in [0.2, 0.25) is 0 Å². The first kappa shape index (κ1) is 19.4. The van der Waals surface area contributed by atoms with E-state index in [0.29, 0.717) is 33.9 Å². The number of rotatable bonds is 2. The van der Waals surface area contributed by atoms with Gasteiger partial charge in [0.25, 0.3) is 0 Å². The van der Waals surface area contributed by atoms with Crippen LogP contribution in [0.15, 0.2) is 41.6 Å². The number of anilines is 1. The summed E-state index contributed by atoms with van der Waals surface area (Å²) in [5, 5.41) is 1.23. The predicted octanol–water partition coefficient (Wildman–Crippen LogP) is 3.41. The molecular formula is C25H23FN5O. The number of aryl methyl sites for hydroxylation is 1. The van der Waals surface area contributed by atoms with Crippen molar-refractivity contribution >= 4 is 22.1 Å². The van der Waals surface area contributed by atoms with E-state index in [1.807, 2.05) is 30.0 Å². The van der Waals surface area contributed by atoms with Gasteiger partial charge in [-0.1, -0.05) is 0 Å². The zero-order valence-corrected chi connectivity index (χ0v) is 18.3. The van der Waals surface area contributed by atoms with E-state index in [1.54, 1.807) is 24.5 Å². The van der Waals surface area contributed by atoms with Gasteiger partial charge in [-0.3, -0.25) is 9.78 Å². The van der Waals surface area contributed by atoms with E-state index in [4.69, 9.17) is 0 Å². The molecule has 0 bridgehead atoms. The number of aromatic nitrogens is 3. The van der Waals surface area contributed by atoms with E-state index in [1.165, 1.54) is 0 Å². The van der Waals surface area contributed by atoms with Crippen LogP contribution in [0.1, 0.15) is 23.7 Å². The Kier molecular flexibility index (Phi) is 4.14. The number of fused-ring (bicyclic) bond motifs is 4. The minimum atomic E-state index is -0.315. The van der Waals surface area contributed by atoms with Gasteiger partial charge in [-0.15, -0.1) is 0 Å². The zero-order valence-electron chi connectivity index (χ0n) is 18.3. The molecule has 161 valence electrons. The summed E-state index contributed by atoms with van der Waals surface area (Å²) >= 11 is 0. The number of hydrogen-bond donors (Lipinski definition) is 0. The summed E-state index contributed by atoms with van der Waals surface area (Å²) in [5.41, 5.74) is 4.67. The van der Waals surface area contributed by atoms with E-state index >= 15 is 4.39 Å². The topological polar surface area (TPSA) is 53.7 Å². The number of nitrogens with zero attached hydrogens (tertiary/aromatic N) is 5. The van der Waals surface area contributed by atoms with Gasteiger partial charge in [-0.25, -0.2) is 9.37 Å². The average Bonchev–Trinajstić information content (AvgIpc) is 3.47. The Morgan fingerprint density at radius 1 is 1.09 bits per heavy atom. The lowest BCUT2D eigenvalue weighted by atomic mass is 10.1. The Morgan fingerprint density at radius 3 is 2.75 bits per heavy atom. The lowest BCUT2D eigenvalue weighted by Crippen LogP contribution is -2.50. The van der Waals surface area contributed by atoms with Crippen molar-refractivity contribution in [3.05, 3.63) is 76.1 Å². The molecule has 1 aliphatic heterocycles. The molecule has 0 spiro atoms. The third-order valence-corrected chi connectivity index (χ3v) is 6.75. The Balaban J connectivity index is 1.52. The molecule has 4 aromatic rings. The molecule has 32 heavy (non-hydrogen) atoms. The molecule has 6 rings (SSSR count). The predicted molar refractivity (Wildman–Crippen MR) is 124 cm³/mol. The summed E-state index contributed by atoms with van der Waals surface area (Å²) < 4.78 is 17.3. The second kappa shape index (κ2) is 6.84. The second-order valence-corrected chi connectivity index (χ2v) is 8.94. The van der Waals surface area contributed by atoms with E-state index in [-0.39, 0.29) is 11.2 Å². The van der Waals surface area contributed by atoms with Crippen molar-refractivity contribution in [2.45, 2.75) is 19.9 Å². The first-order chi connectivity index (χ1) is 15.4. The number of imidazole rings is 1. The van der Waals surface area contributed by atoms with Gasteiger partial charge < -0.3 is 14.2 Å². The summed E-state index contributed by atoms with van der Waals surface area (Å²) in [4.78, 5) is 26.6. The van der Waals surface area contributed by atoms with Crippen LogP contribution >= 0.6 is 0 Å². The summed E-state index contributed by atoms with van der Waals surface area (Å²) in [6.07, 6.45) is 7.19. The Bertz CT molecular complexity index is 1480. The summed E-state index contributed by atoms with van der Waals surface area (Å²) in [6.45, 7) is 6.71. The monoisotopic (exact) mass is 428 g/mol. The number of hydrogen-bond acceptors (Lipinski definition) is 5. The van der Waals surface area contributed by atoms with Crippen LogP contribution in [0.2, 0.25) is 0 Å². The number of piperazine rings is 1. The molecule has 1 aliphatic carbocycles. The van der Waals surface area contributed by atoms with Gasteiger partial charge in [0, 0.05) is 61.1 Å². The molecule has 0 amide bonds. The largest absolute Gasteiger partial charge is 0.369 e. The van der Waals surface area contributed by atoms with Crippen LogP contribution in [0.4, 0.5) is 10.1 Å². The molecule has 0 N–H and O–H groups in total. The van der Waals surface area contributed by atoms with Gasteiger partial charge in [0.15, 0.2) is 11.1 Å². The number of likely N-dealkylation sites (N-methyl/N-ethyl adjacent to an activating group) is 1. The molecule has 2 aliphatic rings. The fraction of sp³-hybridized carbons (Fsp3) is 0.280. The molecule has 2 aromatic carbocycles. The van der Waals surface area contributed by atoms with E-state index in [0.717, 1.165) is 42.0 Å². The van der Waals surface area contributed by atoms with Crippen LogP contribution in [-0.4, -0.2) is 52.0 Å². The third kappa shape index (κ3) is 2.99. The van der Waals surface area contributed by atoms with Gasteiger partial charge in [0.05, 0.1) is 23.1 Å². The third-order valence-electron chi connectivity index (χ3n) is 6.75. The van der Waals surface area contributed by atoms with Crippen LogP contribution in [-0.2, 0) is 0 Å². The van der Waals surface area contributed by atoms with Crippen molar-refractivity contribution in [1.82, 2.24) is 19.3 Å². The van der Waals surface area contributed by atoms with Crippen LogP contribution in [0.3, 0.4) is 0 Å². The fourth-order valence-corrected chi connectivity index (χ4v) is 4.63. The van der Waals surface area contributed by atoms with Crippen molar-refractivity contribution in [2.75, 3.05) is 31.6 Å². The SMILES string of the molecule is Cc1cn2cc(-c3cc4c(F)cc(N5CCN(C)[C@@H](C)C5)cc4c4c(c3=O)[CH]4)nc2cn1. The maximum absolute atomic E-state index is 15.4. The maximum Gasteiger partial charge on any atom is 0.192 e. The standard InChI is InChI=1S/C25H23FN5O/c1-14-11-31-13-23(28-24(31)10-27-14)21-9-19-17(18-8-20(18)25(21)32)6-16(7-22(19)26)30-5-4-29(3)15(2)12-30/h6-11,13,15H,4-5,12H2,1-3H3/t15-/m0/s1. The lowest BCUT2D eigenvalue weighted by molar-refractivity contribution is 0.234. The fourth-order valence-electron chi connectivity index (χ4n) is 4.63. The molecule has 2 aromatic heterocycles. The second-order valence-electron chi connectivity index (χ2n) is 8.94. The highest BCUT2D eigenvalue weighted by molar-refractivity contribution is 5.97. The highest BCUT2D eigenvalue weighted by Crippen LogP contribution is 2.39. The van der Waals surface area contributed by atoms with Crippen LogP contribution in [0, 0.1) is 19.2 Å². The normalized spacial score (nSPS) is 18.4. The molecule has 7 heteroatoms. The Hall–Kier alpha value is -3.32. The zero-order chi connectivity index (χ0) is 22.1. The van der Waals surface area contributed by atoms with Gasteiger partial charge in [0.1, 0.15) is 5.82 Å². The van der Waals surface area contributed by atoms with Crippen LogP contribution < -0.4 is 10.3 Å². The number of benzene rings is 1. The average molecular weight is 428 g/mol. The number of halogens is 1. The summed E-state index contributed by atoms with van der Waals surface area (Å²) in [5.74, 6) is -0.315. The summed E-state index contributed by atoms with van der Waals surface area (Å²) in [6, 6.07) is 5.68. The van der Waals surface area contributed by atoms with Crippen molar-refractivity contribution < 1.29 is 4.39 Å². The molecular weight excluding hydrogens is 405 g/mol. The molecule has 1 saturated heterocycles. The Labute approximate surface area is 184 Å². The van der Waals surface area contributed by atoms with Gasteiger partial charge in [-0.2, -0.15) is 0 Å². The quantitative estimate of drug-likeness (QED) is 0.431.